The maximum absolute atomic E-state index is 12.3. The third-order valence-corrected chi connectivity index (χ3v) is 4.72. The van der Waals surface area contributed by atoms with Gasteiger partial charge in [0.1, 0.15) is 6.54 Å². The van der Waals surface area contributed by atoms with E-state index >= 15 is 0 Å². The maximum Gasteiger partial charge on any atom is 0.319 e. The van der Waals surface area contributed by atoms with Crippen LogP contribution >= 0.6 is 0 Å². The number of nitrogens with one attached hydrogen (secondary N) is 1. The van der Waals surface area contributed by atoms with Crippen molar-refractivity contribution in [3.63, 3.8) is 0 Å². The van der Waals surface area contributed by atoms with Crippen LogP contribution in [0.1, 0.15) is 25.7 Å². The minimum absolute atomic E-state index is 0.0343. The molecule has 0 unspecified atom stereocenters. The quantitative estimate of drug-likeness (QED) is 0.883. The molecule has 7 nitrogen and oxygen atoms in total. The standard InChI is InChI=1S/C17H24N4O3/c22-15(13-21-10-2-1-5-16(21)23)18-14-6-11-20(12-7-14)17(24)19-8-3-4-9-19/h1-2,5,10,14H,3-4,6-9,11-13H2,(H,18,22). The van der Waals surface area contributed by atoms with Crippen LogP contribution in [0.5, 0.6) is 0 Å². The summed E-state index contributed by atoms with van der Waals surface area (Å²) >= 11 is 0. The molecule has 3 rings (SSSR count). The van der Waals surface area contributed by atoms with E-state index < -0.39 is 0 Å². The molecule has 130 valence electrons. The van der Waals surface area contributed by atoms with Gasteiger partial charge < -0.3 is 19.7 Å². The molecule has 0 spiro atoms. The summed E-state index contributed by atoms with van der Waals surface area (Å²) in [5.74, 6) is -0.160. The Kier molecular flexibility index (Phi) is 5.17. The maximum atomic E-state index is 12.3. The summed E-state index contributed by atoms with van der Waals surface area (Å²) in [6, 6.07) is 5.03. The van der Waals surface area contributed by atoms with E-state index in [9.17, 15) is 14.4 Å². The number of amides is 3. The summed E-state index contributed by atoms with van der Waals surface area (Å²) in [7, 11) is 0. The lowest BCUT2D eigenvalue weighted by Gasteiger charge is -2.34. The van der Waals surface area contributed by atoms with Crippen LogP contribution in [0, 0.1) is 0 Å². The molecule has 3 heterocycles. The average Bonchev–Trinajstić information content (AvgIpc) is 3.11. The number of carbonyl (C=O) groups is 2. The highest BCUT2D eigenvalue weighted by atomic mass is 16.2. The lowest BCUT2D eigenvalue weighted by atomic mass is 10.1. The fraction of sp³-hybridized carbons (Fsp3) is 0.588. The highest BCUT2D eigenvalue weighted by Gasteiger charge is 2.28. The molecule has 0 atom stereocenters. The Balaban J connectivity index is 1.45. The van der Waals surface area contributed by atoms with Gasteiger partial charge in [-0.1, -0.05) is 6.07 Å². The topological polar surface area (TPSA) is 74.6 Å². The lowest BCUT2D eigenvalue weighted by Crippen LogP contribution is -2.50. The van der Waals surface area contributed by atoms with Gasteiger partial charge >= 0.3 is 6.03 Å². The van der Waals surface area contributed by atoms with Gasteiger partial charge in [-0.2, -0.15) is 0 Å². The molecule has 0 aliphatic carbocycles. The van der Waals surface area contributed by atoms with E-state index in [-0.39, 0.29) is 30.1 Å². The summed E-state index contributed by atoms with van der Waals surface area (Å²) in [6.07, 6.45) is 5.32. The SMILES string of the molecule is O=C(Cn1ccccc1=O)NC1CCN(C(=O)N2CCCC2)CC1. The lowest BCUT2D eigenvalue weighted by molar-refractivity contribution is -0.122. The summed E-state index contributed by atoms with van der Waals surface area (Å²) in [5, 5.41) is 2.97. The van der Waals surface area contributed by atoms with E-state index in [0.717, 1.165) is 38.8 Å². The van der Waals surface area contributed by atoms with Gasteiger partial charge in [-0.05, 0) is 31.7 Å². The van der Waals surface area contributed by atoms with Crippen molar-refractivity contribution in [2.75, 3.05) is 26.2 Å². The number of carbonyl (C=O) groups excluding carboxylic acids is 2. The Morgan fingerprint density at radius 2 is 1.71 bits per heavy atom. The van der Waals surface area contributed by atoms with Crippen molar-refractivity contribution in [3.05, 3.63) is 34.7 Å². The largest absolute Gasteiger partial charge is 0.352 e. The monoisotopic (exact) mass is 332 g/mol. The van der Waals surface area contributed by atoms with Crippen LogP contribution in [0.3, 0.4) is 0 Å². The minimum atomic E-state index is -0.182. The summed E-state index contributed by atoms with van der Waals surface area (Å²) in [5.41, 5.74) is -0.182. The zero-order valence-electron chi connectivity index (χ0n) is 13.8. The van der Waals surface area contributed by atoms with E-state index in [1.165, 1.54) is 10.6 Å². The smallest absolute Gasteiger partial charge is 0.319 e. The van der Waals surface area contributed by atoms with Gasteiger partial charge in [0.15, 0.2) is 0 Å². The first-order valence-corrected chi connectivity index (χ1v) is 8.62. The van der Waals surface area contributed by atoms with Crippen LogP contribution in [0.15, 0.2) is 29.2 Å². The number of hydrogen-bond donors (Lipinski definition) is 1. The molecule has 0 bridgehead atoms. The molecule has 0 radical (unpaired) electrons. The molecule has 7 heteroatoms. The Morgan fingerprint density at radius 3 is 2.38 bits per heavy atom. The van der Waals surface area contributed by atoms with Crippen molar-refractivity contribution in [2.24, 2.45) is 0 Å². The van der Waals surface area contributed by atoms with Crippen molar-refractivity contribution in [1.29, 1.82) is 0 Å². The Hall–Kier alpha value is -2.31. The summed E-state index contributed by atoms with van der Waals surface area (Å²) in [4.78, 5) is 39.9. The molecular weight excluding hydrogens is 308 g/mol. The number of likely N-dealkylation sites (tertiary alicyclic amines) is 2. The first-order valence-electron chi connectivity index (χ1n) is 8.62. The molecule has 2 aliphatic heterocycles. The van der Waals surface area contributed by atoms with E-state index in [1.54, 1.807) is 18.3 Å². The molecule has 0 saturated carbocycles. The Morgan fingerprint density at radius 1 is 1.04 bits per heavy atom. The van der Waals surface area contributed by atoms with Crippen molar-refractivity contribution >= 4 is 11.9 Å². The third kappa shape index (κ3) is 3.96. The zero-order valence-corrected chi connectivity index (χ0v) is 13.8. The van der Waals surface area contributed by atoms with Crippen molar-refractivity contribution in [2.45, 2.75) is 38.3 Å². The highest BCUT2D eigenvalue weighted by molar-refractivity contribution is 5.76. The fourth-order valence-electron chi connectivity index (χ4n) is 3.34. The van der Waals surface area contributed by atoms with Crippen molar-refractivity contribution in [3.8, 4) is 0 Å². The summed E-state index contributed by atoms with van der Waals surface area (Å²) < 4.78 is 1.39. The molecular formula is C17H24N4O3. The average molecular weight is 332 g/mol. The molecule has 2 saturated heterocycles. The first kappa shape index (κ1) is 16.5. The van der Waals surface area contributed by atoms with E-state index in [0.29, 0.717) is 13.1 Å². The van der Waals surface area contributed by atoms with E-state index in [4.69, 9.17) is 0 Å². The van der Waals surface area contributed by atoms with Gasteiger partial charge in [0.2, 0.25) is 5.91 Å². The molecule has 2 aliphatic rings. The van der Waals surface area contributed by atoms with Crippen LogP contribution in [0.4, 0.5) is 4.79 Å². The van der Waals surface area contributed by atoms with Gasteiger partial charge in [-0.3, -0.25) is 9.59 Å². The number of aromatic nitrogens is 1. The van der Waals surface area contributed by atoms with Crippen LogP contribution in [-0.4, -0.2) is 58.5 Å². The second-order valence-electron chi connectivity index (χ2n) is 6.47. The molecule has 3 amide bonds. The van der Waals surface area contributed by atoms with Crippen molar-refractivity contribution < 1.29 is 9.59 Å². The van der Waals surface area contributed by atoms with Crippen LogP contribution in [-0.2, 0) is 11.3 Å². The Bertz CT molecular complexity index is 643. The fourth-order valence-corrected chi connectivity index (χ4v) is 3.34. The number of nitrogens with zero attached hydrogens (tertiary/aromatic N) is 3. The number of piperidine rings is 1. The van der Waals surface area contributed by atoms with Gasteiger partial charge in [-0.25, -0.2) is 4.79 Å². The van der Waals surface area contributed by atoms with Gasteiger partial charge in [0.05, 0.1) is 0 Å². The second-order valence-corrected chi connectivity index (χ2v) is 6.47. The van der Waals surface area contributed by atoms with E-state index in [2.05, 4.69) is 5.32 Å². The van der Waals surface area contributed by atoms with Crippen LogP contribution < -0.4 is 10.9 Å². The molecule has 1 N–H and O–H groups in total. The third-order valence-electron chi connectivity index (χ3n) is 4.72. The molecule has 0 aromatic carbocycles. The predicted molar refractivity (Wildman–Crippen MR) is 89.6 cm³/mol. The molecule has 2 fully saturated rings. The normalized spacial score (nSPS) is 18.7. The zero-order chi connectivity index (χ0) is 16.9. The van der Waals surface area contributed by atoms with Gasteiger partial charge in [0.25, 0.3) is 5.56 Å². The van der Waals surface area contributed by atoms with Crippen LogP contribution in [0.25, 0.3) is 0 Å². The molecule has 1 aromatic rings. The van der Waals surface area contributed by atoms with Gasteiger partial charge in [0, 0.05) is 44.5 Å². The summed E-state index contributed by atoms with van der Waals surface area (Å²) in [6.45, 7) is 3.10. The Labute approximate surface area is 141 Å². The van der Waals surface area contributed by atoms with Gasteiger partial charge in [-0.15, -0.1) is 0 Å². The van der Waals surface area contributed by atoms with Crippen molar-refractivity contribution in [1.82, 2.24) is 19.7 Å². The number of pyridine rings is 1. The number of rotatable bonds is 3. The first-order chi connectivity index (χ1) is 11.6. The number of urea groups is 1. The molecule has 1 aromatic heterocycles. The second kappa shape index (κ2) is 7.51. The minimum Gasteiger partial charge on any atom is -0.352 e. The van der Waals surface area contributed by atoms with E-state index in [1.807, 2.05) is 9.80 Å². The molecule has 24 heavy (non-hydrogen) atoms. The van der Waals surface area contributed by atoms with Crippen LogP contribution in [0.2, 0.25) is 0 Å². The highest BCUT2D eigenvalue weighted by Crippen LogP contribution is 2.16. The predicted octanol–water partition coefficient (Wildman–Crippen LogP) is 0.645. The number of hydrogen-bond acceptors (Lipinski definition) is 3.